The van der Waals surface area contributed by atoms with E-state index in [0.29, 0.717) is 0 Å². The van der Waals surface area contributed by atoms with E-state index in [0.717, 1.165) is 11.8 Å². The third-order valence-corrected chi connectivity index (χ3v) is 3.71. The highest BCUT2D eigenvalue weighted by molar-refractivity contribution is 5.81. The molecule has 0 fully saturated rings. The Balaban J connectivity index is 3.41. The molecule has 0 aromatic heterocycles. The second-order valence-corrected chi connectivity index (χ2v) is 5.40. The molecule has 0 spiro atoms. The fourth-order valence-electron chi connectivity index (χ4n) is 1.98. The highest BCUT2D eigenvalue weighted by Crippen LogP contribution is 2.18. The Kier molecular flexibility index (Phi) is 9.66. The zero-order valence-electron chi connectivity index (χ0n) is 12.1. The van der Waals surface area contributed by atoms with Crippen LogP contribution in [0, 0.1) is 11.8 Å². The molecule has 0 aromatic rings. The van der Waals surface area contributed by atoms with Gasteiger partial charge < -0.3 is 0 Å². The van der Waals surface area contributed by atoms with Crippen LogP contribution >= 0.6 is 0 Å². The zero-order valence-corrected chi connectivity index (χ0v) is 12.1. The summed E-state index contributed by atoms with van der Waals surface area (Å²) in [6.07, 6.45) is 9.44. The van der Waals surface area contributed by atoms with E-state index in [1.807, 2.05) is 7.05 Å². The van der Waals surface area contributed by atoms with Crippen molar-refractivity contribution in [2.45, 2.75) is 72.6 Å². The summed E-state index contributed by atoms with van der Waals surface area (Å²) in [5.74, 6) is 1.82. The van der Waals surface area contributed by atoms with Crippen molar-refractivity contribution in [1.29, 1.82) is 0 Å². The van der Waals surface area contributed by atoms with Gasteiger partial charge in [0.05, 0.1) is 0 Å². The Morgan fingerprint density at radius 3 is 2.12 bits per heavy atom. The maximum Gasteiger partial charge on any atom is 0.0276 e. The number of rotatable bonds is 9. The molecule has 0 rings (SSSR count). The maximum atomic E-state index is 4.20. The lowest BCUT2D eigenvalue weighted by Gasteiger charge is -2.13. The molecule has 2 atom stereocenters. The normalized spacial score (nSPS) is 16.2. The van der Waals surface area contributed by atoms with Gasteiger partial charge in [-0.2, -0.15) is 0 Å². The van der Waals surface area contributed by atoms with Crippen LogP contribution in [0.15, 0.2) is 4.99 Å². The van der Waals surface area contributed by atoms with Crippen molar-refractivity contribution in [3.8, 4) is 0 Å². The van der Waals surface area contributed by atoms with Crippen LogP contribution < -0.4 is 0 Å². The van der Waals surface area contributed by atoms with E-state index in [9.17, 15) is 0 Å². The first-order chi connectivity index (χ1) is 7.60. The van der Waals surface area contributed by atoms with Gasteiger partial charge in [0, 0.05) is 12.8 Å². The Bertz CT molecular complexity index is 184. The molecule has 0 N–H and O–H groups in total. The fourth-order valence-corrected chi connectivity index (χ4v) is 1.98. The van der Waals surface area contributed by atoms with Crippen molar-refractivity contribution in [3.05, 3.63) is 0 Å². The molecular formula is C15H31N. The van der Waals surface area contributed by atoms with Crippen LogP contribution in [0.2, 0.25) is 0 Å². The molecule has 1 heteroatoms. The monoisotopic (exact) mass is 225 g/mol. The van der Waals surface area contributed by atoms with Crippen molar-refractivity contribution in [3.63, 3.8) is 0 Å². The lowest BCUT2D eigenvalue weighted by Crippen LogP contribution is -1.99. The van der Waals surface area contributed by atoms with Crippen molar-refractivity contribution in [1.82, 2.24) is 0 Å². The summed E-state index contributed by atoms with van der Waals surface area (Å²) >= 11 is 0. The lowest BCUT2D eigenvalue weighted by atomic mass is 9.94. The van der Waals surface area contributed by atoms with Gasteiger partial charge in [0.2, 0.25) is 0 Å². The molecule has 16 heavy (non-hydrogen) atoms. The van der Waals surface area contributed by atoms with Crippen LogP contribution in [0.1, 0.15) is 72.6 Å². The van der Waals surface area contributed by atoms with E-state index in [4.69, 9.17) is 0 Å². The lowest BCUT2D eigenvalue weighted by molar-refractivity contribution is 0.414. The predicted molar refractivity (Wildman–Crippen MR) is 75.4 cm³/mol. The Morgan fingerprint density at radius 1 is 1.00 bits per heavy atom. The van der Waals surface area contributed by atoms with Gasteiger partial charge in [-0.3, -0.25) is 4.99 Å². The van der Waals surface area contributed by atoms with Gasteiger partial charge >= 0.3 is 0 Å². The van der Waals surface area contributed by atoms with Gasteiger partial charge in [-0.15, -0.1) is 0 Å². The van der Waals surface area contributed by atoms with Crippen LogP contribution in [0.4, 0.5) is 0 Å². The third kappa shape index (κ3) is 8.94. The number of hydrogen-bond acceptors (Lipinski definition) is 1. The minimum Gasteiger partial charge on any atom is -0.298 e. The smallest absolute Gasteiger partial charge is 0.0276 e. The van der Waals surface area contributed by atoms with Crippen LogP contribution in [-0.4, -0.2) is 12.8 Å². The Labute approximate surface area is 103 Å². The van der Waals surface area contributed by atoms with Crippen molar-refractivity contribution in [2.24, 2.45) is 16.8 Å². The standard InChI is InChI=1S/C15H31N/c1-6-13(2)9-7-10-14(3)11-8-12-15(4)16-5/h13-14H,6-12H2,1-5H3. The summed E-state index contributed by atoms with van der Waals surface area (Å²) in [7, 11) is 1.89. The van der Waals surface area contributed by atoms with Crippen molar-refractivity contribution in [2.75, 3.05) is 7.05 Å². The molecule has 0 aliphatic heterocycles. The topological polar surface area (TPSA) is 12.4 Å². The zero-order chi connectivity index (χ0) is 12.4. The van der Waals surface area contributed by atoms with E-state index < -0.39 is 0 Å². The largest absolute Gasteiger partial charge is 0.298 e. The van der Waals surface area contributed by atoms with E-state index in [1.54, 1.807) is 0 Å². The van der Waals surface area contributed by atoms with Gasteiger partial charge in [-0.05, 0) is 31.6 Å². The fraction of sp³-hybridized carbons (Fsp3) is 0.933. The molecule has 0 amide bonds. The average Bonchev–Trinajstić information content (AvgIpc) is 2.28. The molecule has 96 valence electrons. The first kappa shape index (κ1) is 15.7. The molecule has 0 aromatic carbocycles. The van der Waals surface area contributed by atoms with Gasteiger partial charge in [0.15, 0.2) is 0 Å². The van der Waals surface area contributed by atoms with E-state index in [2.05, 4.69) is 32.7 Å². The van der Waals surface area contributed by atoms with E-state index in [-0.39, 0.29) is 0 Å². The highest BCUT2D eigenvalue weighted by atomic mass is 14.7. The van der Waals surface area contributed by atoms with Gasteiger partial charge in [0.25, 0.3) is 0 Å². The summed E-state index contributed by atoms with van der Waals surface area (Å²) in [5.41, 5.74) is 1.30. The third-order valence-electron chi connectivity index (χ3n) is 3.71. The van der Waals surface area contributed by atoms with E-state index in [1.165, 1.54) is 50.7 Å². The van der Waals surface area contributed by atoms with E-state index >= 15 is 0 Å². The molecule has 0 bridgehead atoms. The molecule has 0 radical (unpaired) electrons. The molecule has 0 saturated heterocycles. The highest BCUT2D eigenvalue weighted by Gasteiger charge is 2.04. The van der Waals surface area contributed by atoms with Crippen molar-refractivity contribution < 1.29 is 0 Å². The predicted octanol–water partition coefficient (Wildman–Crippen LogP) is 5.10. The molecule has 0 saturated carbocycles. The van der Waals surface area contributed by atoms with Gasteiger partial charge in [-0.25, -0.2) is 0 Å². The summed E-state index contributed by atoms with van der Waals surface area (Å²) in [4.78, 5) is 4.20. The summed E-state index contributed by atoms with van der Waals surface area (Å²) in [5, 5.41) is 0. The molecule has 0 heterocycles. The average molecular weight is 225 g/mol. The molecule has 0 aliphatic carbocycles. The number of hydrogen-bond donors (Lipinski definition) is 0. The minimum absolute atomic E-state index is 0.897. The summed E-state index contributed by atoms with van der Waals surface area (Å²) in [6.45, 7) is 9.19. The first-order valence-corrected chi connectivity index (χ1v) is 7.02. The number of nitrogens with zero attached hydrogens (tertiary/aromatic N) is 1. The number of aliphatic imine (C=N–C) groups is 1. The minimum atomic E-state index is 0.897. The first-order valence-electron chi connectivity index (χ1n) is 7.02. The Hall–Kier alpha value is -0.330. The molecular weight excluding hydrogens is 194 g/mol. The van der Waals surface area contributed by atoms with Crippen LogP contribution in [0.25, 0.3) is 0 Å². The summed E-state index contributed by atoms with van der Waals surface area (Å²) < 4.78 is 0. The second kappa shape index (κ2) is 9.86. The molecule has 0 aliphatic rings. The van der Waals surface area contributed by atoms with Gasteiger partial charge in [0.1, 0.15) is 0 Å². The Morgan fingerprint density at radius 2 is 1.56 bits per heavy atom. The molecule has 1 nitrogen and oxygen atoms in total. The quantitative estimate of drug-likeness (QED) is 0.484. The van der Waals surface area contributed by atoms with Crippen LogP contribution in [0.3, 0.4) is 0 Å². The van der Waals surface area contributed by atoms with Crippen molar-refractivity contribution >= 4 is 5.71 Å². The SMILES string of the molecule is CCC(C)CCCC(C)CCCC(C)=NC. The maximum absolute atomic E-state index is 4.20. The molecule has 2 unspecified atom stereocenters. The van der Waals surface area contributed by atoms with Crippen LogP contribution in [0.5, 0.6) is 0 Å². The van der Waals surface area contributed by atoms with Gasteiger partial charge in [-0.1, -0.05) is 52.9 Å². The van der Waals surface area contributed by atoms with Crippen LogP contribution in [-0.2, 0) is 0 Å². The second-order valence-electron chi connectivity index (χ2n) is 5.40. The summed E-state index contributed by atoms with van der Waals surface area (Å²) in [6, 6.07) is 0.